The number of ether oxygens (including phenoxy) is 2. The second-order valence-electron chi connectivity index (χ2n) is 10.2. The van der Waals surface area contributed by atoms with Gasteiger partial charge in [-0.05, 0) is 56.3 Å². The number of rotatable bonds is 10. The van der Waals surface area contributed by atoms with E-state index in [4.69, 9.17) is 14.0 Å². The summed E-state index contributed by atoms with van der Waals surface area (Å²) in [5, 5.41) is 6.91. The molecule has 182 valence electrons. The summed E-state index contributed by atoms with van der Waals surface area (Å²) in [7, 11) is 0. The molecule has 1 N–H and O–H groups in total. The Labute approximate surface area is 193 Å². The van der Waals surface area contributed by atoms with E-state index in [1.54, 1.807) is 6.07 Å². The molecule has 5 atom stereocenters. The molecule has 1 spiro atoms. The van der Waals surface area contributed by atoms with Crippen molar-refractivity contribution in [2.75, 3.05) is 39.5 Å². The van der Waals surface area contributed by atoms with E-state index < -0.39 is 6.17 Å². The molecule has 1 amide bonds. The highest BCUT2D eigenvalue weighted by molar-refractivity contribution is 5.87. The van der Waals surface area contributed by atoms with E-state index in [-0.39, 0.29) is 47.6 Å². The number of hydrogen-bond donors (Lipinski definition) is 1. The molecular weight excluding hydrogens is 429 g/mol. The highest BCUT2D eigenvalue weighted by Gasteiger charge is 2.71. The minimum Gasteiger partial charge on any atom is -0.463 e. The molecule has 4 fully saturated rings. The first-order valence-corrected chi connectivity index (χ1v) is 12.3. The van der Waals surface area contributed by atoms with E-state index >= 15 is 0 Å². The van der Waals surface area contributed by atoms with E-state index in [2.05, 4.69) is 10.5 Å². The Morgan fingerprint density at radius 3 is 2.67 bits per heavy atom. The lowest BCUT2D eigenvalue weighted by Crippen LogP contribution is -2.41. The number of aryl methyl sites for hydroxylation is 1. The fraction of sp³-hybridized carbons (Fsp3) is 0.792. The van der Waals surface area contributed by atoms with Crippen LogP contribution >= 0.6 is 0 Å². The number of esters is 1. The Morgan fingerprint density at radius 2 is 2.00 bits per heavy atom. The van der Waals surface area contributed by atoms with Crippen LogP contribution in [0.15, 0.2) is 10.6 Å². The molecule has 9 heteroatoms. The topological polar surface area (TPSA) is 93.9 Å². The van der Waals surface area contributed by atoms with Crippen LogP contribution in [-0.2, 0) is 25.6 Å². The zero-order chi connectivity index (χ0) is 23.0. The quantitative estimate of drug-likeness (QED) is 0.420. The number of nitrogens with one attached hydrogen (secondary N) is 1. The van der Waals surface area contributed by atoms with Gasteiger partial charge in [0.15, 0.2) is 0 Å². The fourth-order valence-electron chi connectivity index (χ4n) is 6.70. The van der Waals surface area contributed by atoms with E-state index in [1.807, 2.05) is 11.8 Å². The average Bonchev–Trinajstić information content (AvgIpc) is 3.02. The first-order chi connectivity index (χ1) is 16.0. The van der Waals surface area contributed by atoms with Gasteiger partial charge in [-0.3, -0.25) is 14.5 Å². The number of aromatic nitrogens is 1. The van der Waals surface area contributed by atoms with E-state index in [9.17, 15) is 14.0 Å². The van der Waals surface area contributed by atoms with Crippen molar-refractivity contribution in [1.82, 2.24) is 15.4 Å². The molecule has 8 nitrogen and oxygen atoms in total. The van der Waals surface area contributed by atoms with Crippen LogP contribution in [0.4, 0.5) is 4.39 Å². The summed E-state index contributed by atoms with van der Waals surface area (Å²) in [5.41, 5.74) is 0.842. The van der Waals surface area contributed by atoms with Crippen molar-refractivity contribution < 1.29 is 28.0 Å². The van der Waals surface area contributed by atoms with Crippen LogP contribution in [0.25, 0.3) is 0 Å². The zero-order valence-electron chi connectivity index (χ0n) is 19.3. The van der Waals surface area contributed by atoms with Crippen LogP contribution in [0.3, 0.4) is 0 Å². The van der Waals surface area contributed by atoms with Crippen molar-refractivity contribution in [1.29, 1.82) is 0 Å². The number of likely N-dealkylation sites (tertiary alicyclic amines) is 1. The van der Waals surface area contributed by atoms with Gasteiger partial charge in [0.25, 0.3) is 0 Å². The molecule has 3 saturated carbocycles. The third kappa shape index (κ3) is 4.54. The molecule has 0 radical (unpaired) electrons. The predicted molar refractivity (Wildman–Crippen MR) is 116 cm³/mol. The van der Waals surface area contributed by atoms with Gasteiger partial charge in [0.1, 0.15) is 24.2 Å². The average molecular weight is 464 g/mol. The summed E-state index contributed by atoms with van der Waals surface area (Å²) in [4.78, 5) is 28.3. The number of carbonyl (C=O) groups excluding carboxylic acids is 2. The lowest BCUT2D eigenvalue weighted by atomic mass is 9.78. The van der Waals surface area contributed by atoms with Crippen molar-refractivity contribution in [2.24, 2.45) is 29.1 Å². The molecule has 1 aromatic heterocycles. The molecule has 1 unspecified atom stereocenters. The molecule has 2 heterocycles. The van der Waals surface area contributed by atoms with Gasteiger partial charge in [0.05, 0.1) is 31.6 Å². The number of alkyl halides is 1. The Bertz CT molecular complexity index is 872. The SMILES string of the molecule is Cc1cc(CNC(=O)[C@H]2[C@H](C(=O)OCCOCCN3CCC(F)C3)[C@H]3CC[C@@H]2C32CC2)no1. The molecule has 0 aromatic carbocycles. The maximum absolute atomic E-state index is 13.2. The first-order valence-electron chi connectivity index (χ1n) is 12.3. The standard InChI is InChI=1S/C24H34FN3O5/c1-15-12-17(27-33-15)13-26-22(29)20-18-2-3-19(24(18)5-6-24)21(20)23(30)32-11-10-31-9-8-28-7-4-16(25)14-28/h12,16,18-21H,2-11,13-14H2,1H3,(H,26,29)/t16?,18-,19+,20+,21+/m0/s1. The Kier molecular flexibility index (Phi) is 6.44. The lowest BCUT2D eigenvalue weighted by molar-refractivity contribution is -0.157. The zero-order valence-corrected chi connectivity index (χ0v) is 19.3. The number of amides is 1. The van der Waals surface area contributed by atoms with Crippen LogP contribution in [-0.4, -0.2) is 67.6 Å². The van der Waals surface area contributed by atoms with E-state index in [1.165, 1.54) is 0 Å². The summed E-state index contributed by atoms with van der Waals surface area (Å²) in [5.74, 6) is 0.137. The van der Waals surface area contributed by atoms with Crippen molar-refractivity contribution in [3.05, 3.63) is 17.5 Å². The highest BCUT2D eigenvalue weighted by atomic mass is 19.1. The number of carbonyl (C=O) groups is 2. The third-order valence-corrected chi connectivity index (χ3v) is 8.28. The second-order valence-corrected chi connectivity index (χ2v) is 10.2. The molecule has 3 aliphatic carbocycles. The Balaban J connectivity index is 1.11. The Hall–Kier alpha value is -2.00. The largest absolute Gasteiger partial charge is 0.463 e. The van der Waals surface area contributed by atoms with Gasteiger partial charge >= 0.3 is 5.97 Å². The van der Waals surface area contributed by atoms with E-state index in [0.29, 0.717) is 50.7 Å². The van der Waals surface area contributed by atoms with Gasteiger partial charge in [0.2, 0.25) is 5.91 Å². The van der Waals surface area contributed by atoms with Gasteiger partial charge in [-0.1, -0.05) is 5.16 Å². The molecular formula is C24H34FN3O5. The maximum Gasteiger partial charge on any atom is 0.310 e. The normalized spacial score (nSPS) is 31.9. The van der Waals surface area contributed by atoms with Gasteiger partial charge in [-0.25, -0.2) is 4.39 Å². The maximum atomic E-state index is 13.2. The van der Waals surface area contributed by atoms with Gasteiger partial charge < -0.3 is 19.3 Å². The van der Waals surface area contributed by atoms with Crippen LogP contribution in [0.5, 0.6) is 0 Å². The Morgan fingerprint density at radius 1 is 1.21 bits per heavy atom. The minimum absolute atomic E-state index is 0.0795. The summed E-state index contributed by atoms with van der Waals surface area (Å²) in [6, 6.07) is 1.80. The van der Waals surface area contributed by atoms with Crippen LogP contribution in [0.2, 0.25) is 0 Å². The van der Waals surface area contributed by atoms with E-state index in [0.717, 1.165) is 32.2 Å². The van der Waals surface area contributed by atoms with Gasteiger partial charge in [0, 0.05) is 25.7 Å². The molecule has 4 aliphatic rings. The summed E-state index contributed by atoms with van der Waals surface area (Å²) in [6.07, 6.45) is 4.09. The van der Waals surface area contributed by atoms with Crippen LogP contribution in [0.1, 0.15) is 43.6 Å². The summed E-state index contributed by atoms with van der Waals surface area (Å²) >= 11 is 0. The van der Waals surface area contributed by atoms with Gasteiger partial charge in [-0.15, -0.1) is 0 Å². The molecule has 1 aromatic rings. The molecule has 1 saturated heterocycles. The lowest BCUT2D eigenvalue weighted by Gasteiger charge is -2.28. The van der Waals surface area contributed by atoms with Crippen molar-refractivity contribution in [3.8, 4) is 0 Å². The van der Waals surface area contributed by atoms with Crippen LogP contribution < -0.4 is 5.32 Å². The summed E-state index contributed by atoms with van der Waals surface area (Å²) < 4.78 is 29.5. The predicted octanol–water partition coefficient (Wildman–Crippen LogP) is 2.26. The van der Waals surface area contributed by atoms with Crippen molar-refractivity contribution in [3.63, 3.8) is 0 Å². The third-order valence-electron chi connectivity index (χ3n) is 8.28. The number of halogens is 1. The van der Waals surface area contributed by atoms with Crippen molar-refractivity contribution >= 4 is 11.9 Å². The first kappa shape index (κ1) is 22.8. The molecule has 2 bridgehead atoms. The van der Waals surface area contributed by atoms with Crippen molar-refractivity contribution in [2.45, 2.75) is 51.7 Å². The monoisotopic (exact) mass is 463 g/mol. The smallest absolute Gasteiger partial charge is 0.310 e. The number of nitrogens with zero attached hydrogens (tertiary/aromatic N) is 2. The van der Waals surface area contributed by atoms with Gasteiger partial charge in [-0.2, -0.15) is 0 Å². The second kappa shape index (κ2) is 9.33. The van der Waals surface area contributed by atoms with Crippen LogP contribution in [0, 0.1) is 36.0 Å². The highest BCUT2D eigenvalue weighted by Crippen LogP contribution is 2.74. The molecule has 5 rings (SSSR count). The summed E-state index contributed by atoms with van der Waals surface area (Å²) in [6.45, 7) is 5.03. The minimum atomic E-state index is -0.729. The number of hydrogen-bond acceptors (Lipinski definition) is 7. The fourth-order valence-corrected chi connectivity index (χ4v) is 6.70. The molecule has 1 aliphatic heterocycles. The molecule has 33 heavy (non-hydrogen) atoms.